The van der Waals surface area contributed by atoms with Crippen LogP contribution in [0.1, 0.15) is 105 Å². The Balaban J connectivity index is 0.00000184. The van der Waals surface area contributed by atoms with Crippen LogP contribution in [0.3, 0.4) is 0 Å². The minimum atomic E-state index is -2.54. The van der Waals surface area contributed by atoms with E-state index in [1.807, 2.05) is 0 Å². The van der Waals surface area contributed by atoms with Crippen molar-refractivity contribution in [2.75, 3.05) is 0 Å². The van der Waals surface area contributed by atoms with Crippen molar-refractivity contribution >= 4 is 14.4 Å². The molecular formula is C40H42Cl2Zr. The fourth-order valence-corrected chi connectivity index (χ4v) is 17.6. The average Bonchev–Trinajstić information content (AvgIpc) is 3.56. The first-order valence-electron chi connectivity index (χ1n) is 15.3. The Morgan fingerprint density at radius 2 is 1.19 bits per heavy atom. The van der Waals surface area contributed by atoms with Crippen LogP contribution in [0, 0.1) is 5.92 Å². The Labute approximate surface area is 279 Å². The number of allylic oxidation sites excluding steroid dienone is 8. The van der Waals surface area contributed by atoms with Crippen LogP contribution in [-0.2, 0) is 32.1 Å². The number of benzene rings is 3. The standard InChI is InChI=1S/C25H25.C8H8.C7H9.2ClH.Zr/c1-14-12-24(3,4)22-8-16-7-17-9-23-19(15(2)13-25(23,5)6)11-21(17)20(16)10-18(14)22;1-2-8-6-4-3-5-7-8;1-6-3-4-7(2)5-6;;;/h7-13H,1-6H3;3-7H,1H3;3,5,7H,1-2H3;2*1H;/q;;;;;+2/p-2. The Morgan fingerprint density at radius 3 is 1.63 bits per heavy atom. The second-order valence-corrected chi connectivity index (χ2v) is 20.9. The van der Waals surface area contributed by atoms with Gasteiger partial charge in [-0.2, -0.15) is 0 Å². The summed E-state index contributed by atoms with van der Waals surface area (Å²) in [6.45, 7) is 21.4. The SMILES string of the molecule is CC1=CC(C)[C](/[Zr+2](=[C](/C)c2ccccc2)[CH]2c3cc4c(cc3-c3cc5c(cc32)C(C)(C)C=C5C)C(C)=CC4(C)C)=C1.[Cl-].[Cl-]. The van der Waals surface area contributed by atoms with Gasteiger partial charge in [0.05, 0.1) is 0 Å². The molecular weight excluding hydrogens is 643 g/mol. The largest absolute Gasteiger partial charge is 1.00 e. The maximum Gasteiger partial charge on any atom is -1.00 e. The zero-order chi connectivity index (χ0) is 29.0. The van der Waals surface area contributed by atoms with Crippen LogP contribution < -0.4 is 24.8 Å². The van der Waals surface area contributed by atoms with Crippen molar-refractivity contribution in [1.29, 1.82) is 0 Å². The molecule has 0 fully saturated rings. The molecule has 1 atom stereocenters. The number of hydrogen-bond donors (Lipinski definition) is 0. The van der Waals surface area contributed by atoms with Crippen molar-refractivity contribution in [3.05, 3.63) is 127 Å². The quantitative estimate of drug-likeness (QED) is 0.382. The van der Waals surface area contributed by atoms with E-state index in [1.54, 1.807) is 17.6 Å². The predicted molar refractivity (Wildman–Crippen MR) is 174 cm³/mol. The number of hydrogen-bond acceptors (Lipinski definition) is 0. The number of rotatable bonds is 3. The first-order chi connectivity index (χ1) is 19.4. The third-order valence-corrected chi connectivity index (χ3v) is 18.9. The summed E-state index contributed by atoms with van der Waals surface area (Å²) < 4.78 is 3.89. The third-order valence-electron chi connectivity index (χ3n) is 10.3. The molecule has 0 aliphatic heterocycles. The molecule has 3 aromatic carbocycles. The zero-order valence-corrected chi connectivity index (χ0v) is 30.9. The summed E-state index contributed by atoms with van der Waals surface area (Å²) in [4.78, 5) is 0. The van der Waals surface area contributed by atoms with Gasteiger partial charge in [-0.1, -0.05) is 0 Å². The van der Waals surface area contributed by atoms with Gasteiger partial charge in [-0.15, -0.1) is 0 Å². The molecule has 0 saturated heterocycles. The average molecular weight is 685 g/mol. The van der Waals surface area contributed by atoms with E-state index in [2.05, 4.69) is 141 Å². The van der Waals surface area contributed by atoms with E-state index in [4.69, 9.17) is 0 Å². The molecule has 220 valence electrons. The van der Waals surface area contributed by atoms with E-state index in [0.29, 0.717) is 9.54 Å². The Kier molecular flexibility index (Phi) is 8.34. The normalized spacial score (nSPS) is 20.4. The number of halogens is 2. The van der Waals surface area contributed by atoms with Crippen molar-refractivity contribution in [2.45, 2.75) is 76.8 Å². The van der Waals surface area contributed by atoms with Crippen LogP contribution in [0.25, 0.3) is 22.3 Å². The molecule has 0 bridgehead atoms. The summed E-state index contributed by atoms with van der Waals surface area (Å²) in [5, 5.41) is 0. The van der Waals surface area contributed by atoms with Crippen molar-refractivity contribution in [1.82, 2.24) is 0 Å². The van der Waals surface area contributed by atoms with Crippen molar-refractivity contribution in [3.63, 3.8) is 0 Å². The van der Waals surface area contributed by atoms with Gasteiger partial charge in [0.25, 0.3) is 0 Å². The van der Waals surface area contributed by atoms with Gasteiger partial charge < -0.3 is 24.8 Å². The summed E-state index contributed by atoms with van der Waals surface area (Å²) in [6.07, 6.45) is 10.0. The van der Waals surface area contributed by atoms with Gasteiger partial charge in [0.1, 0.15) is 0 Å². The number of fused-ring (bicyclic) bond motifs is 5. The molecule has 4 aliphatic rings. The van der Waals surface area contributed by atoms with Gasteiger partial charge in [0.2, 0.25) is 0 Å². The van der Waals surface area contributed by atoms with E-state index in [1.165, 1.54) is 55.7 Å². The van der Waals surface area contributed by atoms with E-state index < -0.39 is 21.3 Å². The van der Waals surface area contributed by atoms with Crippen LogP contribution in [0.4, 0.5) is 0 Å². The molecule has 0 aromatic heterocycles. The van der Waals surface area contributed by atoms with Crippen LogP contribution in [-0.4, -0.2) is 3.21 Å². The van der Waals surface area contributed by atoms with Crippen molar-refractivity contribution in [3.8, 4) is 11.1 Å². The van der Waals surface area contributed by atoms with E-state index in [-0.39, 0.29) is 35.6 Å². The van der Waals surface area contributed by atoms with Crippen LogP contribution in [0.15, 0.2) is 87.8 Å². The smallest absolute Gasteiger partial charge is 1.00 e. The van der Waals surface area contributed by atoms with Gasteiger partial charge in [0, 0.05) is 0 Å². The predicted octanol–water partition coefficient (Wildman–Crippen LogP) is 4.49. The fourth-order valence-electron chi connectivity index (χ4n) is 8.44. The van der Waals surface area contributed by atoms with E-state index >= 15 is 0 Å². The molecule has 3 heteroatoms. The van der Waals surface area contributed by atoms with Crippen LogP contribution in [0.2, 0.25) is 0 Å². The molecule has 1 unspecified atom stereocenters. The van der Waals surface area contributed by atoms with Gasteiger partial charge in [-0.3, -0.25) is 0 Å². The third kappa shape index (κ3) is 4.94. The Morgan fingerprint density at radius 1 is 0.698 bits per heavy atom. The second kappa shape index (κ2) is 11.1. The van der Waals surface area contributed by atoms with Gasteiger partial charge in [-0.25, -0.2) is 0 Å². The minimum Gasteiger partial charge on any atom is -1.00 e. The van der Waals surface area contributed by atoms with Crippen LogP contribution in [0.5, 0.6) is 0 Å². The minimum absolute atomic E-state index is 0. The molecule has 0 spiro atoms. The maximum atomic E-state index is 2.65. The van der Waals surface area contributed by atoms with Gasteiger partial charge in [-0.05, 0) is 0 Å². The molecule has 3 aromatic rings. The second-order valence-electron chi connectivity index (χ2n) is 14.2. The summed E-state index contributed by atoms with van der Waals surface area (Å²) >= 11 is -2.54. The zero-order valence-electron chi connectivity index (χ0n) is 26.9. The maximum absolute atomic E-state index is 2.65. The van der Waals surface area contributed by atoms with E-state index in [9.17, 15) is 0 Å². The molecule has 0 nitrogen and oxygen atoms in total. The summed E-state index contributed by atoms with van der Waals surface area (Å²) in [7, 11) is 0. The Bertz CT molecular complexity index is 1740. The molecule has 0 N–H and O–H groups in total. The van der Waals surface area contributed by atoms with Gasteiger partial charge in [0.15, 0.2) is 0 Å². The molecule has 4 aliphatic carbocycles. The first-order valence-corrected chi connectivity index (χ1v) is 19.2. The molecule has 0 radical (unpaired) electrons. The summed E-state index contributed by atoms with van der Waals surface area (Å²) in [5.41, 5.74) is 18.0. The molecule has 43 heavy (non-hydrogen) atoms. The topological polar surface area (TPSA) is 0 Å². The first kappa shape index (κ1) is 32.3. The van der Waals surface area contributed by atoms with Crippen molar-refractivity contribution in [2.24, 2.45) is 5.92 Å². The molecule has 0 heterocycles. The summed E-state index contributed by atoms with van der Waals surface area (Å²) in [6, 6.07) is 21.8. The Hall–Kier alpha value is -2.05. The fraction of sp³-hybridized carbons (Fsp3) is 0.325. The van der Waals surface area contributed by atoms with Gasteiger partial charge >= 0.3 is 256 Å². The molecule has 0 amide bonds. The molecule has 0 saturated carbocycles. The monoisotopic (exact) mass is 682 g/mol. The summed E-state index contributed by atoms with van der Waals surface area (Å²) in [5.74, 6) is 0.514. The van der Waals surface area contributed by atoms with Crippen LogP contribution >= 0.6 is 0 Å². The van der Waals surface area contributed by atoms with E-state index in [0.717, 1.165) is 0 Å². The molecule has 7 rings (SSSR count). The van der Waals surface area contributed by atoms with Crippen molar-refractivity contribution < 1.29 is 46.1 Å².